The molecule has 0 aliphatic heterocycles. The molecule has 0 rings (SSSR count). The van der Waals surface area contributed by atoms with Gasteiger partial charge in [-0.1, -0.05) is 89.1 Å². The molecule has 0 heterocycles. The van der Waals surface area contributed by atoms with E-state index in [-0.39, 0.29) is 0 Å². The molecule has 0 spiro atoms. The van der Waals surface area contributed by atoms with Gasteiger partial charge < -0.3 is 4.84 Å². The Labute approximate surface area is 121 Å². The summed E-state index contributed by atoms with van der Waals surface area (Å²) in [6.07, 6.45) is 21.3. The van der Waals surface area contributed by atoms with Crippen LogP contribution < -0.4 is 0 Å². The first-order valence-electron chi connectivity index (χ1n) is 8.46. The molecular formula is C17H35NO. The Bertz CT molecular complexity index is 180. The highest BCUT2D eigenvalue weighted by Crippen LogP contribution is 2.12. The van der Waals surface area contributed by atoms with Crippen molar-refractivity contribution in [3.63, 3.8) is 0 Å². The van der Waals surface area contributed by atoms with Crippen molar-refractivity contribution >= 4 is 6.21 Å². The van der Waals surface area contributed by atoms with Gasteiger partial charge in [0.05, 0.1) is 0 Å². The van der Waals surface area contributed by atoms with Gasteiger partial charge in [-0.3, -0.25) is 0 Å². The molecule has 0 bridgehead atoms. The fourth-order valence-electron chi connectivity index (χ4n) is 2.38. The zero-order valence-corrected chi connectivity index (χ0v) is 13.3. The third-order valence-corrected chi connectivity index (χ3v) is 3.62. The zero-order chi connectivity index (χ0) is 14.0. The highest BCUT2D eigenvalue weighted by molar-refractivity contribution is 5.55. The number of hydrogen-bond donors (Lipinski definition) is 0. The molecule has 0 fully saturated rings. The van der Waals surface area contributed by atoms with E-state index in [1.54, 1.807) is 7.11 Å². The second-order valence-corrected chi connectivity index (χ2v) is 5.50. The van der Waals surface area contributed by atoms with Crippen molar-refractivity contribution in [3.8, 4) is 0 Å². The van der Waals surface area contributed by atoms with Crippen LogP contribution in [0.5, 0.6) is 0 Å². The smallest absolute Gasteiger partial charge is 0.106 e. The quantitative estimate of drug-likeness (QED) is 0.200. The lowest BCUT2D eigenvalue weighted by Crippen LogP contribution is -1.83. The van der Waals surface area contributed by atoms with Crippen LogP contribution in [-0.2, 0) is 4.84 Å². The predicted molar refractivity (Wildman–Crippen MR) is 85.8 cm³/mol. The number of unbranched alkanes of at least 4 members (excludes halogenated alkanes) is 13. The van der Waals surface area contributed by atoms with Crippen molar-refractivity contribution in [2.45, 2.75) is 96.8 Å². The molecule has 19 heavy (non-hydrogen) atoms. The minimum atomic E-state index is 1.06. The molecule has 0 aromatic rings. The van der Waals surface area contributed by atoms with Gasteiger partial charge in [0.2, 0.25) is 0 Å². The molecule has 0 aliphatic carbocycles. The van der Waals surface area contributed by atoms with E-state index in [0.717, 1.165) is 6.42 Å². The highest BCUT2D eigenvalue weighted by Gasteiger charge is 1.93. The summed E-state index contributed by atoms with van der Waals surface area (Å²) in [7, 11) is 1.60. The maximum atomic E-state index is 4.62. The van der Waals surface area contributed by atoms with Crippen LogP contribution in [-0.4, -0.2) is 13.3 Å². The van der Waals surface area contributed by atoms with Crippen molar-refractivity contribution in [1.29, 1.82) is 0 Å². The molecule has 2 nitrogen and oxygen atoms in total. The van der Waals surface area contributed by atoms with Gasteiger partial charge >= 0.3 is 0 Å². The van der Waals surface area contributed by atoms with Gasteiger partial charge in [-0.15, -0.1) is 0 Å². The summed E-state index contributed by atoms with van der Waals surface area (Å²) in [5.74, 6) is 0. The molecule has 0 aliphatic rings. The number of oxime groups is 1. The molecule has 0 unspecified atom stereocenters. The van der Waals surface area contributed by atoms with Crippen LogP contribution in [0.1, 0.15) is 96.8 Å². The lowest BCUT2D eigenvalue weighted by molar-refractivity contribution is 0.214. The van der Waals surface area contributed by atoms with E-state index in [1.165, 1.54) is 83.5 Å². The van der Waals surface area contributed by atoms with E-state index in [2.05, 4.69) is 16.9 Å². The molecule has 0 aromatic carbocycles. The Kier molecular flexibility index (Phi) is 17.0. The van der Waals surface area contributed by atoms with E-state index in [9.17, 15) is 0 Å². The third-order valence-electron chi connectivity index (χ3n) is 3.62. The molecule has 114 valence electrons. The van der Waals surface area contributed by atoms with Gasteiger partial charge in [0.15, 0.2) is 0 Å². The second kappa shape index (κ2) is 17.5. The van der Waals surface area contributed by atoms with Crippen molar-refractivity contribution in [2.75, 3.05) is 7.11 Å². The monoisotopic (exact) mass is 269 g/mol. The minimum Gasteiger partial charge on any atom is -0.399 e. The number of nitrogens with zero attached hydrogens (tertiary/aromatic N) is 1. The molecule has 0 atom stereocenters. The average molecular weight is 269 g/mol. The first-order chi connectivity index (χ1) is 9.41. The lowest BCUT2D eigenvalue weighted by Gasteiger charge is -2.02. The van der Waals surface area contributed by atoms with E-state index >= 15 is 0 Å². The van der Waals surface area contributed by atoms with Crippen LogP contribution in [0.2, 0.25) is 0 Å². The average Bonchev–Trinajstić information content (AvgIpc) is 2.43. The van der Waals surface area contributed by atoms with Crippen LogP contribution in [0.4, 0.5) is 0 Å². The molecule has 0 amide bonds. The Balaban J connectivity index is 2.93. The van der Waals surface area contributed by atoms with Gasteiger partial charge in [0.1, 0.15) is 7.11 Å². The maximum absolute atomic E-state index is 4.62. The molecule has 0 aromatic heterocycles. The second-order valence-electron chi connectivity index (χ2n) is 5.50. The molecule has 0 saturated carbocycles. The van der Waals surface area contributed by atoms with Gasteiger partial charge in [-0.05, 0) is 12.8 Å². The third kappa shape index (κ3) is 17.5. The van der Waals surface area contributed by atoms with Gasteiger partial charge in [0.25, 0.3) is 0 Å². The minimum absolute atomic E-state index is 1.06. The summed E-state index contributed by atoms with van der Waals surface area (Å²) in [5.41, 5.74) is 0. The highest BCUT2D eigenvalue weighted by atomic mass is 16.6. The van der Waals surface area contributed by atoms with E-state index in [4.69, 9.17) is 0 Å². The van der Waals surface area contributed by atoms with Crippen molar-refractivity contribution < 1.29 is 4.84 Å². The Hall–Kier alpha value is -0.530. The summed E-state index contributed by atoms with van der Waals surface area (Å²) >= 11 is 0. The van der Waals surface area contributed by atoms with E-state index in [0.29, 0.717) is 0 Å². The summed E-state index contributed by atoms with van der Waals surface area (Å²) in [5, 5.41) is 3.74. The van der Waals surface area contributed by atoms with Crippen LogP contribution in [0, 0.1) is 0 Å². The molecule has 0 saturated heterocycles. The van der Waals surface area contributed by atoms with E-state index in [1.807, 2.05) is 6.21 Å². The maximum Gasteiger partial charge on any atom is 0.106 e. The topological polar surface area (TPSA) is 21.6 Å². The van der Waals surface area contributed by atoms with Crippen LogP contribution in [0.3, 0.4) is 0 Å². The summed E-state index contributed by atoms with van der Waals surface area (Å²) in [4.78, 5) is 4.62. The molecule has 0 N–H and O–H groups in total. The first-order valence-corrected chi connectivity index (χ1v) is 8.46. The zero-order valence-electron chi connectivity index (χ0n) is 13.3. The SMILES string of the molecule is CCCCCCCCCCCCCCC/C=N/OC. The Morgan fingerprint density at radius 3 is 1.53 bits per heavy atom. The fourth-order valence-corrected chi connectivity index (χ4v) is 2.38. The van der Waals surface area contributed by atoms with Crippen molar-refractivity contribution in [2.24, 2.45) is 5.16 Å². The molecule has 2 heteroatoms. The van der Waals surface area contributed by atoms with Gasteiger partial charge in [0, 0.05) is 6.21 Å². The molecular weight excluding hydrogens is 234 g/mol. The van der Waals surface area contributed by atoms with Gasteiger partial charge in [-0.2, -0.15) is 0 Å². The summed E-state index contributed by atoms with van der Waals surface area (Å²) < 4.78 is 0. The lowest BCUT2D eigenvalue weighted by atomic mass is 10.0. The van der Waals surface area contributed by atoms with Crippen LogP contribution in [0.15, 0.2) is 5.16 Å². The predicted octanol–water partition coefficient (Wildman–Crippen LogP) is 6.10. The standard InChI is InChI=1S/C17H35NO/c1-3-4-5-6-7-8-9-10-11-12-13-14-15-16-17-18-19-2/h17H,3-16H2,1-2H3/b18-17+. The van der Waals surface area contributed by atoms with Crippen molar-refractivity contribution in [3.05, 3.63) is 0 Å². The normalized spacial score (nSPS) is 11.3. The molecule has 0 radical (unpaired) electrons. The fraction of sp³-hybridized carbons (Fsp3) is 0.941. The largest absolute Gasteiger partial charge is 0.399 e. The number of rotatable bonds is 15. The van der Waals surface area contributed by atoms with Crippen molar-refractivity contribution in [1.82, 2.24) is 0 Å². The van der Waals surface area contributed by atoms with E-state index < -0.39 is 0 Å². The summed E-state index contributed by atoms with van der Waals surface area (Å²) in [6.45, 7) is 2.28. The van der Waals surface area contributed by atoms with Crippen LogP contribution in [0.25, 0.3) is 0 Å². The first kappa shape index (κ1) is 18.5. The number of hydrogen-bond acceptors (Lipinski definition) is 2. The van der Waals surface area contributed by atoms with Gasteiger partial charge in [-0.25, -0.2) is 0 Å². The summed E-state index contributed by atoms with van der Waals surface area (Å²) in [6, 6.07) is 0. The Morgan fingerprint density at radius 2 is 1.11 bits per heavy atom. The Morgan fingerprint density at radius 1 is 0.684 bits per heavy atom. The van der Waals surface area contributed by atoms with Crippen LogP contribution >= 0.6 is 0 Å².